The SMILES string of the molecule is CC(C)(C#N)C(N)c1ccc2[nH]c(=O)[nH]c2c1. The second-order valence-corrected chi connectivity index (χ2v) is 4.70. The third-order valence-corrected chi connectivity index (χ3v) is 2.96. The summed E-state index contributed by atoms with van der Waals surface area (Å²) in [6.45, 7) is 3.59. The molecule has 1 aromatic heterocycles. The van der Waals surface area contributed by atoms with Gasteiger partial charge in [-0.05, 0) is 31.5 Å². The van der Waals surface area contributed by atoms with Crippen LogP contribution in [0.2, 0.25) is 0 Å². The number of nitriles is 1. The lowest BCUT2D eigenvalue weighted by molar-refractivity contribution is 0.394. The number of nitrogens with two attached hydrogens (primary N) is 1. The topological polar surface area (TPSA) is 98.5 Å². The molecule has 4 N–H and O–H groups in total. The molecule has 0 bridgehead atoms. The van der Waals surface area contributed by atoms with Crippen molar-refractivity contribution in [2.24, 2.45) is 11.1 Å². The average Bonchev–Trinajstić information content (AvgIpc) is 2.66. The summed E-state index contributed by atoms with van der Waals surface area (Å²) in [6, 6.07) is 7.21. The van der Waals surface area contributed by atoms with E-state index in [1.54, 1.807) is 26.0 Å². The van der Waals surface area contributed by atoms with Crippen LogP contribution in [0.1, 0.15) is 25.5 Å². The molecule has 5 heteroatoms. The summed E-state index contributed by atoms with van der Waals surface area (Å²) in [6.07, 6.45) is 0. The zero-order chi connectivity index (χ0) is 12.6. The summed E-state index contributed by atoms with van der Waals surface area (Å²) in [4.78, 5) is 16.5. The molecule has 17 heavy (non-hydrogen) atoms. The van der Waals surface area contributed by atoms with E-state index in [-0.39, 0.29) is 5.69 Å². The molecular weight excluding hydrogens is 216 g/mol. The van der Waals surface area contributed by atoms with Gasteiger partial charge >= 0.3 is 5.69 Å². The van der Waals surface area contributed by atoms with Crippen LogP contribution in [0.5, 0.6) is 0 Å². The molecule has 2 aromatic rings. The van der Waals surface area contributed by atoms with Gasteiger partial charge in [-0.15, -0.1) is 0 Å². The van der Waals surface area contributed by atoms with E-state index in [1.165, 1.54) is 0 Å². The predicted molar refractivity (Wildman–Crippen MR) is 65.2 cm³/mol. The lowest BCUT2D eigenvalue weighted by Crippen LogP contribution is -2.27. The molecular formula is C12H14N4O. The lowest BCUT2D eigenvalue weighted by Gasteiger charge is -2.24. The van der Waals surface area contributed by atoms with E-state index in [0.717, 1.165) is 11.1 Å². The highest BCUT2D eigenvalue weighted by atomic mass is 16.1. The third kappa shape index (κ3) is 1.95. The fraction of sp³-hybridized carbons (Fsp3) is 0.333. The highest BCUT2D eigenvalue weighted by Gasteiger charge is 2.27. The van der Waals surface area contributed by atoms with Crippen LogP contribution in [0.25, 0.3) is 11.0 Å². The molecule has 1 heterocycles. The molecule has 2 rings (SSSR count). The molecule has 1 aromatic carbocycles. The Labute approximate surface area is 98.3 Å². The molecule has 0 aliphatic heterocycles. The summed E-state index contributed by atoms with van der Waals surface area (Å²) < 4.78 is 0. The number of benzene rings is 1. The Morgan fingerprint density at radius 3 is 2.65 bits per heavy atom. The van der Waals surface area contributed by atoms with Gasteiger partial charge in [-0.25, -0.2) is 4.79 Å². The first kappa shape index (κ1) is 11.4. The van der Waals surface area contributed by atoms with Crippen molar-refractivity contribution in [1.29, 1.82) is 5.26 Å². The third-order valence-electron chi connectivity index (χ3n) is 2.96. The van der Waals surface area contributed by atoms with Crippen molar-refractivity contribution in [3.05, 3.63) is 34.2 Å². The van der Waals surface area contributed by atoms with Crippen molar-refractivity contribution >= 4 is 11.0 Å². The number of hydrogen-bond donors (Lipinski definition) is 3. The van der Waals surface area contributed by atoms with Crippen molar-refractivity contribution in [1.82, 2.24) is 9.97 Å². The van der Waals surface area contributed by atoms with Crippen molar-refractivity contribution in [2.75, 3.05) is 0 Å². The molecule has 0 fully saturated rings. The number of aromatic amines is 2. The Bertz CT molecular complexity index is 644. The fourth-order valence-corrected chi connectivity index (χ4v) is 1.73. The molecule has 1 atom stereocenters. The van der Waals surface area contributed by atoms with Crippen LogP contribution in [0.3, 0.4) is 0 Å². The van der Waals surface area contributed by atoms with Gasteiger partial charge in [0, 0.05) is 6.04 Å². The molecule has 0 amide bonds. The summed E-state index contributed by atoms with van der Waals surface area (Å²) in [5.41, 5.74) is 7.44. The van der Waals surface area contributed by atoms with Gasteiger partial charge in [-0.2, -0.15) is 5.26 Å². The molecule has 0 saturated carbocycles. The standard InChI is InChI=1S/C12H14N4O/c1-12(2,6-13)10(14)7-3-4-8-9(5-7)16-11(17)15-8/h3-5,10H,14H2,1-2H3,(H2,15,16,17). The first-order valence-electron chi connectivity index (χ1n) is 5.33. The van der Waals surface area contributed by atoms with Gasteiger partial charge in [0.05, 0.1) is 22.5 Å². The van der Waals surface area contributed by atoms with E-state index in [0.29, 0.717) is 5.52 Å². The smallest absolute Gasteiger partial charge is 0.323 e. The van der Waals surface area contributed by atoms with Gasteiger partial charge in [0.2, 0.25) is 0 Å². The van der Waals surface area contributed by atoms with Gasteiger partial charge in [-0.3, -0.25) is 0 Å². The predicted octanol–water partition coefficient (Wildman–Crippen LogP) is 1.41. The van der Waals surface area contributed by atoms with Crippen LogP contribution in [0.4, 0.5) is 0 Å². The maximum absolute atomic E-state index is 11.1. The zero-order valence-corrected chi connectivity index (χ0v) is 9.74. The fourth-order valence-electron chi connectivity index (χ4n) is 1.73. The minimum atomic E-state index is -0.649. The molecule has 0 radical (unpaired) electrons. The second-order valence-electron chi connectivity index (χ2n) is 4.70. The molecule has 0 aliphatic rings. The molecule has 0 spiro atoms. The lowest BCUT2D eigenvalue weighted by atomic mass is 9.82. The van der Waals surface area contributed by atoms with E-state index in [1.807, 2.05) is 6.07 Å². The monoisotopic (exact) mass is 230 g/mol. The Morgan fingerprint density at radius 1 is 1.35 bits per heavy atom. The summed E-state index contributed by atoms with van der Waals surface area (Å²) in [5.74, 6) is 0. The van der Waals surface area contributed by atoms with Crippen molar-refractivity contribution < 1.29 is 0 Å². The summed E-state index contributed by atoms with van der Waals surface area (Å²) >= 11 is 0. The number of rotatable bonds is 2. The number of hydrogen-bond acceptors (Lipinski definition) is 3. The van der Waals surface area contributed by atoms with E-state index in [9.17, 15) is 4.79 Å². The van der Waals surface area contributed by atoms with Gasteiger partial charge in [-0.1, -0.05) is 6.07 Å². The first-order valence-corrected chi connectivity index (χ1v) is 5.33. The number of H-pyrrole nitrogens is 2. The van der Waals surface area contributed by atoms with Gasteiger partial charge in [0.1, 0.15) is 0 Å². The van der Waals surface area contributed by atoms with Crippen LogP contribution < -0.4 is 11.4 Å². The number of fused-ring (bicyclic) bond motifs is 1. The van der Waals surface area contributed by atoms with Crippen LogP contribution in [0, 0.1) is 16.7 Å². The van der Waals surface area contributed by atoms with Crippen molar-refractivity contribution in [2.45, 2.75) is 19.9 Å². The zero-order valence-electron chi connectivity index (χ0n) is 9.74. The number of nitrogens with one attached hydrogen (secondary N) is 2. The molecule has 88 valence electrons. The van der Waals surface area contributed by atoms with Crippen LogP contribution in [0.15, 0.2) is 23.0 Å². The van der Waals surface area contributed by atoms with Crippen molar-refractivity contribution in [3.63, 3.8) is 0 Å². The highest BCUT2D eigenvalue weighted by Crippen LogP contribution is 2.31. The Balaban J connectivity index is 2.50. The minimum Gasteiger partial charge on any atom is -0.323 e. The minimum absolute atomic E-state index is 0.245. The Kier molecular flexibility index (Phi) is 2.52. The first-order chi connectivity index (χ1) is 7.94. The maximum atomic E-state index is 11.1. The van der Waals surface area contributed by atoms with Gasteiger partial charge in [0.15, 0.2) is 0 Å². The average molecular weight is 230 g/mol. The summed E-state index contributed by atoms with van der Waals surface area (Å²) in [7, 11) is 0. The van der Waals surface area contributed by atoms with Crippen molar-refractivity contribution in [3.8, 4) is 6.07 Å². The number of imidazole rings is 1. The van der Waals surface area contributed by atoms with Gasteiger partial charge < -0.3 is 15.7 Å². The second kappa shape index (κ2) is 3.75. The molecule has 1 unspecified atom stereocenters. The summed E-state index contributed by atoms with van der Waals surface area (Å²) in [5, 5.41) is 9.05. The van der Waals surface area contributed by atoms with E-state index in [2.05, 4.69) is 16.0 Å². The highest BCUT2D eigenvalue weighted by molar-refractivity contribution is 5.75. The van der Waals surface area contributed by atoms with Crippen LogP contribution in [-0.2, 0) is 0 Å². The number of nitrogens with zero attached hydrogens (tertiary/aromatic N) is 1. The Hall–Kier alpha value is -2.06. The van der Waals surface area contributed by atoms with Crippen LogP contribution in [-0.4, -0.2) is 9.97 Å². The molecule has 5 nitrogen and oxygen atoms in total. The maximum Gasteiger partial charge on any atom is 0.323 e. The van der Waals surface area contributed by atoms with E-state index in [4.69, 9.17) is 11.0 Å². The quantitative estimate of drug-likeness (QED) is 0.727. The molecule has 0 saturated heterocycles. The largest absolute Gasteiger partial charge is 0.323 e. The van der Waals surface area contributed by atoms with Gasteiger partial charge in [0.25, 0.3) is 0 Å². The Morgan fingerprint density at radius 2 is 2.00 bits per heavy atom. The van der Waals surface area contributed by atoms with Crippen LogP contribution >= 0.6 is 0 Å². The number of aromatic nitrogens is 2. The van der Waals surface area contributed by atoms with E-state index >= 15 is 0 Å². The van der Waals surface area contributed by atoms with E-state index < -0.39 is 11.5 Å². The normalized spacial score (nSPS) is 13.5. The molecule has 0 aliphatic carbocycles.